The molecule has 0 saturated heterocycles. The summed E-state index contributed by atoms with van der Waals surface area (Å²) in [6.45, 7) is 0. The Morgan fingerprint density at radius 3 is 2.36 bits per heavy atom. The predicted octanol–water partition coefficient (Wildman–Crippen LogP) is 3.82. The second-order valence-electron chi connectivity index (χ2n) is 4.66. The van der Waals surface area contributed by atoms with E-state index in [4.69, 9.17) is 8.97 Å². The first kappa shape index (κ1) is 14.4. The van der Waals surface area contributed by atoms with Gasteiger partial charge in [-0.05, 0) is 23.8 Å². The van der Waals surface area contributed by atoms with Gasteiger partial charge in [0.25, 0.3) is 0 Å². The Kier molecular flexibility index (Phi) is 3.70. The molecule has 2 N–H and O–H groups in total. The van der Waals surface area contributed by atoms with Crippen molar-refractivity contribution < 1.29 is 17.4 Å². The number of hydrogen-bond acceptors (Lipinski definition) is 3. The number of fused-ring (bicyclic) bond motifs is 1. The van der Waals surface area contributed by atoms with E-state index in [1.165, 1.54) is 0 Å². The molecule has 1 heterocycles. The van der Waals surface area contributed by atoms with Gasteiger partial charge in [0, 0.05) is 5.39 Å². The van der Waals surface area contributed by atoms with Gasteiger partial charge in [0.1, 0.15) is 11.3 Å². The molecule has 0 aliphatic carbocycles. The van der Waals surface area contributed by atoms with Gasteiger partial charge in [0.2, 0.25) is 0 Å². The van der Waals surface area contributed by atoms with Crippen molar-refractivity contribution in [3.8, 4) is 0 Å². The second-order valence-corrected chi connectivity index (χ2v) is 5.81. The molecule has 0 aliphatic heterocycles. The lowest BCUT2D eigenvalue weighted by molar-refractivity contribution is 0.489. The highest BCUT2D eigenvalue weighted by Crippen LogP contribution is 2.32. The molecule has 112 valence electrons. The van der Waals surface area contributed by atoms with Crippen molar-refractivity contribution in [1.29, 1.82) is 0 Å². The van der Waals surface area contributed by atoms with Crippen molar-refractivity contribution in [2.45, 2.75) is 0 Å². The van der Waals surface area contributed by atoms with E-state index in [9.17, 15) is 8.42 Å². The standard InChI is InChI=1S/C16H13NO4S/c18-22(19,20)17-16-13-8-4-5-9-14(13)21-15(16)11-10-12-6-2-1-3-7-12/h1-11,17H,(H,18,19,20). The maximum atomic E-state index is 11.1. The number of nitrogens with one attached hydrogen (secondary N) is 1. The Balaban J connectivity index is 2.08. The van der Waals surface area contributed by atoms with Crippen molar-refractivity contribution in [2.24, 2.45) is 0 Å². The van der Waals surface area contributed by atoms with Crippen LogP contribution in [0.25, 0.3) is 23.1 Å². The van der Waals surface area contributed by atoms with E-state index in [0.717, 1.165) is 5.56 Å². The van der Waals surface area contributed by atoms with E-state index < -0.39 is 10.3 Å². The molecule has 2 aromatic carbocycles. The van der Waals surface area contributed by atoms with Gasteiger partial charge < -0.3 is 4.42 Å². The summed E-state index contributed by atoms with van der Waals surface area (Å²) in [5, 5.41) is 0.577. The molecule has 0 aliphatic rings. The van der Waals surface area contributed by atoms with Gasteiger partial charge in [-0.1, -0.05) is 48.5 Å². The van der Waals surface area contributed by atoms with Crippen LogP contribution < -0.4 is 4.72 Å². The number of furan rings is 1. The topological polar surface area (TPSA) is 79.5 Å². The Morgan fingerprint density at radius 2 is 1.64 bits per heavy atom. The third kappa shape index (κ3) is 3.19. The molecular weight excluding hydrogens is 302 g/mol. The van der Waals surface area contributed by atoms with Crippen molar-refractivity contribution >= 4 is 39.1 Å². The summed E-state index contributed by atoms with van der Waals surface area (Å²) < 4.78 is 39.1. The molecule has 0 amide bonds. The Bertz CT molecular complexity index is 927. The van der Waals surface area contributed by atoms with Crippen molar-refractivity contribution in [3.05, 3.63) is 65.9 Å². The third-order valence-corrected chi connectivity index (χ3v) is 3.54. The van der Waals surface area contributed by atoms with Crippen LogP contribution in [0.3, 0.4) is 0 Å². The van der Waals surface area contributed by atoms with Crippen LogP contribution in [0.5, 0.6) is 0 Å². The maximum absolute atomic E-state index is 11.1. The summed E-state index contributed by atoms with van der Waals surface area (Å²) in [5.41, 5.74) is 1.69. The van der Waals surface area contributed by atoms with Gasteiger partial charge in [-0.3, -0.25) is 9.27 Å². The molecule has 5 nitrogen and oxygen atoms in total. The Labute approximate surface area is 127 Å². The van der Waals surface area contributed by atoms with Crippen molar-refractivity contribution in [1.82, 2.24) is 0 Å². The van der Waals surface area contributed by atoms with Gasteiger partial charge >= 0.3 is 10.3 Å². The molecule has 1 aromatic heterocycles. The minimum Gasteiger partial charge on any atom is -0.454 e. The highest BCUT2D eigenvalue weighted by atomic mass is 32.2. The molecule has 0 unspecified atom stereocenters. The molecule has 0 saturated carbocycles. The number of anilines is 1. The van der Waals surface area contributed by atoms with Crippen LogP contribution in [0, 0.1) is 0 Å². The molecule has 3 aromatic rings. The van der Waals surface area contributed by atoms with Gasteiger partial charge in [-0.2, -0.15) is 8.42 Å². The second kappa shape index (κ2) is 5.67. The third-order valence-electron chi connectivity index (χ3n) is 3.08. The average Bonchev–Trinajstić information content (AvgIpc) is 2.83. The first-order valence-corrected chi connectivity index (χ1v) is 7.97. The number of benzene rings is 2. The average molecular weight is 315 g/mol. The van der Waals surface area contributed by atoms with Gasteiger partial charge in [0.15, 0.2) is 5.76 Å². The molecular formula is C16H13NO4S. The van der Waals surface area contributed by atoms with Crippen LogP contribution >= 0.6 is 0 Å². The summed E-state index contributed by atoms with van der Waals surface area (Å²) in [6, 6.07) is 16.5. The summed E-state index contributed by atoms with van der Waals surface area (Å²) in [5.74, 6) is 0.322. The first-order valence-electron chi connectivity index (χ1n) is 6.53. The van der Waals surface area contributed by atoms with E-state index in [0.29, 0.717) is 16.7 Å². The lowest BCUT2D eigenvalue weighted by atomic mass is 10.2. The quantitative estimate of drug-likeness (QED) is 0.717. The number of para-hydroxylation sites is 1. The van der Waals surface area contributed by atoms with E-state index in [2.05, 4.69) is 4.72 Å². The molecule has 22 heavy (non-hydrogen) atoms. The normalized spacial score (nSPS) is 12.0. The van der Waals surface area contributed by atoms with Crippen LogP contribution in [0.2, 0.25) is 0 Å². The highest BCUT2D eigenvalue weighted by molar-refractivity contribution is 7.87. The maximum Gasteiger partial charge on any atom is 0.357 e. The monoisotopic (exact) mass is 315 g/mol. The van der Waals surface area contributed by atoms with E-state index in [1.54, 1.807) is 36.4 Å². The minimum atomic E-state index is -4.39. The van der Waals surface area contributed by atoms with Crippen LogP contribution in [-0.4, -0.2) is 13.0 Å². The van der Waals surface area contributed by atoms with Gasteiger partial charge in [0.05, 0.1) is 0 Å². The van der Waals surface area contributed by atoms with Crippen molar-refractivity contribution in [2.75, 3.05) is 4.72 Å². The van der Waals surface area contributed by atoms with Crippen LogP contribution in [0.15, 0.2) is 59.0 Å². The summed E-state index contributed by atoms with van der Waals surface area (Å²) in [6.07, 6.45) is 3.45. The van der Waals surface area contributed by atoms with Crippen LogP contribution in [-0.2, 0) is 10.3 Å². The van der Waals surface area contributed by atoms with Crippen LogP contribution in [0.1, 0.15) is 11.3 Å². The molecule has 6 heteroatoms. The zero-order valence-corrected chi connectivity index (χ0v) is 12.2. The zero-order chi connectivity index (χ0) is 15.6. The van der Waals surface area contributed by atoms with Crippen molar-refractivity contribution in [3.63, 3.8) is 0 Å². The highest BCUT2D eigenvalue weighted by Gasteiger charge is 2.16. The van der Waals surface area contributed by atoms with Gasteiger partial charge in [-0.25, -0.2) is 0 Å². The molecule has 0 atom stereocenters. The minimum absolute atomic E-state index is 0.213. The van der Waals surface area contributed by atoms with E-state index >= 15 is 0 Å². The largest absolute Gasteiger partial charge is 0.454 e. The molecule has 0 spiro atoms. The summed E-state index contributed by atoms with van der Waals surface area (Å²) >= 11 is 0. The Hall–Kier alpha value is -2.57. The number of hydrogen-bond donors (Lipinski definition) is 2. The molecule has 0 bridgehead atoms. The lowest BCUT2D eigenvalue weighted by Gasteiger charge is -2.01. The fourth-order valence-electron chi connectivity index (χ4n) is 2.15. The SMILES string of the molecule is O=S(=O)(O)Nc1c(C=Cc2ccccc2)oc2ccccc12. The predicted molar refractivity (Wildman–Crippen MR) is 86.8 cm³/mol. The van der Waals surface area contributed by atoms with Gasteiger partial charge in [-0.15, -0.1) is 0 Å². The first-order chi connectivity index (χ1) is 10.5. The lowest BCUT2D eigenvalue weighted by Crippen LogP contribution is -2.10. The molecule has 0 radical (unpaired) electrons. The zero-order valence-electron chi connectivity index (χ0n) is 11.4. The fraction of sp³-hybridized carbons (Fsp3) is 0. The Morgan fingerprint density at radius 1 is 0.955 bits per heavy atom. The molecule has 3 rings (SSSR count). The number of rotatable bonds is 4. The van der Waals surface area contributed by atoms with E-state index in [-0.39, 0.29) is 5.69 Å². The fourth-order valence-corrected chi connectivity index (χ4v) is 2.62. The molecule has 0 fully saturated rings. The van der Waals surface area contributed by atoms with Crippen LogP contribution in [0.4, 0.5) is 5.69 Å². The smallest absolute Gasteiger partial charge is 0.357 e. The van der Waals surface area contributed by atoms with E-state index in [1.807, 2.05) is 30.3 Å². The summed E-state index contributed by atoms with van der Waals surface area (Å²) in [4.78, 5) is 0. The summed E-state index contributed by atoms with van der Waals surface area (Å²) in [7, 11) is -4.39.